The number of nitrogen functional groups attached to an aromatic ring is 1. The second-order valence-electron chi connectivity index (χ2n) is 8.18. The number of fused-ring (bicyclic) bond motifs is 1. The van der Waals surface area contributed by atoms with Gasteiger partial charge in [-0.1, -0.05) is 31.2 Å². The highest BCUT2D eigenvalue weighted by atomic mass is 16.5. The summed E-state index contributed by atoms with van der Waals surface area (Å²) in [6.07, 6.45) is 4.22. The van der Waals surface area contributed by atoms with Gasteiger partial charge in [0.1, 0.15) is 5.75 Å². The Balaban J connectivity index is 1.55. The lowest BCUT2D eigenvalue weighted by atomic mass is 10.0. The van der Waals surface area contributed by atoms with Gasteiger partial charge in [0.2, 0.25) is 17.7 Å². The number of nitrogens with zero attached hydrogens (tertiary/aromatic N) is 3. The second kappa shape index (κ2) is 7.92. The van der Waals surface area contributed by atoms with Gasteiger partial charge in [-0.05, 0) is 49.1 Å². The predicted octanol–water partition coefficient (Wildman–Crippen LogP) is 4.97. The summed E-state index contributed by atoms with van der Waals surface area (Å²) in [4.78, 5) is 25.2. The molecule has 0 bridgehead atoms. The first-order chi connectivity index (χ1) is 15.5. The molecule has 32 heavy (non-hydrogen) atoms. The van der Waals surface area contributed by atoms with Crippen molar-refractivity contribution in [1.82, 2.24) is 15.0 Å². The van der Waals surface area contributed by atoms with Crippen molar-refractivity contribution in [2.45, 2.75) is 20.3 Å². The predicted molar refractivity (Wildman–Crippen MR) is 124 cm³/mol. The number of rotatable bonds is 5. The third kappa shape index (κ3) is 3.73. The lowest BCUT2D eigenvalue weighted by Crippen LogP contribution is -2.14. The molecule has 2 atom stereocenters. The molecular formula is C25H23N5O2. The number of nitrogens with one attached hydrogen (secondary N) is 1. The lowest BCUT2D eigenvalue weighted by Gasteiger charge is -2.16. The first-order valence-electron chi connectivity index (χ1n) is 10.6. The molecule has 0 radical (unpaired) electrons. The summed E-state index contributed by atoms with van der Waals surface area (Å²) in [5.74, 6) is 1.90. The Labute approximate surface area is 185 Å². The van der Waals surface area contributed by atoms with Gasteiger partial charge in [-0.2, -0.15) is 0 Å². The molecule has 5 rings (SSSR count). The molecule has 0 saturated heterocycles. The van der Waals surface area contributed by atoms with Crippen molar-refractivity contribution in [2.24, 2.45) is 11.8 Å². The van der Waals surface area contributed by atoms with Gasteiger partial charge in [0.25, 0.3) is 0 Å². The Morgan fingerprint density at radius 1 is 1.06 bits per heavy atom. The molecule has 2 unspecified atom stereocenters. The highest BCUT2D eigenvalue weighted by molar-refractivity contribution is 6.05. The summed E-state index contributed by atoms with van der Waals surface area (Å²) < 4.78 is 6.36. The molecule has 160 valence electrons. The van der Waals surface area contributed by atoms with E-state index in [9.17, 15) is 4.79 Å². The quantitative estimate of drug-likeness (QED) is 0.468. The van der Waals surface area contributed by atoms with Crippen LogP contribution in [-0.4, -0.2) is 20.9 Å². The molecule has 7 nitrogen and oxygen atoms in total. The van der Waals surface area contributed by atoms with E-state index in [0.717, 1.165) is 28.4 Å². The number of amides is 1. The zero-order valence-electron chi connectivity index (χ0n) is 17.9. The van der Waals surface area contributed by atoms with Crippen LogP contribution in [0.4, 0.5) is 11.6 Å². The van der Waals surface area contributed by atoms with E-state index in [1.54, 1.807) is 18.5 Å². The number of nitrogens with two attached hydrogens (primary N) is 1. The van der Waals surface area contributed by atoms with E-state index in [2.05, 4.69) is 27.2 Å². The van der Waals surface area contributed by atoms with Crippen LogP contribution in [0.2, 0.25) is 0 Å². The maximum atomic E-state index is 12.5. The topological polar surface area (TPSA) is 103 Å². The lowest BCUT2D eigenvalue weighted by molar-refractivity contribution is -0.117. The van der Waals surface area contributed by atoms with Crippen LogP contribution in [0.1, 0.15) is 18.9 Å². The first kappa shape index (κ1) is 19.9. The highest BCUT2D eigenvalue weighted by Crippen LogP contribution is 2.41. The fourth-order valence-electron chi connectivity index (χ4n) is 3.88. The number of anilines is 2. The summed E-state index contributed by atoms with van der Waals surface area (Å²) in [6, 6.07) is 15.3. The van der Waals surface area contributed by atoms with Crippen molar-refractivity contribution in [2.75, 3.05) is 11.1 Å². The summed E-state index contributed by atoms with van der Waals surface area (Å²) >= 11 is 0. The van der Waals surface area contributed by atoms with Crippen LogP contribution >= 0.6 is 0 Å². The Kier molecular flexibility index (Phi) is 4.93. The maximum Gasteiger partial charge on any atom is 0.228 e. The van der Waals surface area contributed by atoms with Crippen molar-refractivity contribution in [1.29, 1.82) is 0 Å². The van der Waals surface area contributed by atoms with Crippen molar-refractivity contribution < 1.29 is 9.53 Å². The SMILES string of the molecule is Cc1ccc2c(NC(=O)C3CC3C)cccc2c1Oc1ncccc1-c1ccnc(N)n1. The van der Waals surface area contributed by atoms with Gasteiger partial charge in [0.05, 0.1) is 11.3 Å². The summed E-state index contributed by atoms with van der Waals surface area (Å²) in [7, 11) is 0. The zero-order valence-corrected chi connectivity index (χ0v) is 17.9. The van der Waals surface area contributed by atoms with Crippen LogP contribution in [0.5, 0.6) is 11.6 Å². The second-order valence-corrected chi connectivity index (χ2v) is 8.18. The maximum absolute atomic E-state index is 12.5. The summed E-state index contributed by atoms with van der Waals surface area (Å²) in [5.41, 5.74) is 8.85. The van der Waals surface area contributed by atoms with E-state index in [1.807, 2.05) is 49.4 Å². The molecule has 2 heterocycles. The minimum atomic E-state index is 0.0707. The van der Waals surface area contributed by atoms with E-state index in [4.69, 9.17) is 10.5 Å². The Morgan fingerprint density at radius 2 is 1.91 bits per heavy atom. The first-order valence-corrected chi connectivity index (χ1v) is 10.6. The molecular weight excluding hydrogens is 402 g/mol. The molecule has 1 saturated carbocycles. The fourth-order valence-corrected chi connectivity index (χ4v) is 3.88. The standard InChI is InChI=1S/C25H23N5O2/c1-14-8-9-16-17(5-3-7-20(16)29-23(31)19-13-15(19)2)22(14)32-24-18(6-4-11-27-24)21-10-12-28-25(26)30-21/h3-12,15,19H,13H2,1-2H3,(H,29,31)(H2,26,28,30). The van der Waals surface area contributed by atoms with Crippen LogP contribution in [0.25, 0.3) is 22.0 Å². The van der Waals surface area contributed by atoms with E-state index >= 15 is 0 Å². The molecule has 1 amide bonds. The molecule has 0 spiro atoms. The summed E-state index contributed by atoms with van der Waals surface area (Å²) in [6.45, 7) is 4.08. The molecule has 3 N–H and O–H groups in total. The van der Waals surface area contributed by atoms with E-state index in [0.29, 0.717) is 28.8 Å². The summed E-state index contributed by atoms with van der Waals surface area (Å²) in [5, 5.41) is 4.90. The third-order valence-corrected chi connectivity index (χ3v) is 5.83. The molecule has 1 aliphatic rings. The number of ether oxygens (including phenoxy) is 1. The number of hydrogen-bond acceptors (Lipinski definition) is 6. The molecule has 1 aliphatic carbocycles. The third-order valence-electron chi connectivity index (χ3n) is 5.83. The molecule has 7 heteroatoms. The normalized spacial score (nSPS) is 17.2. The monoisotopic (exact) mass is 425 g/mol. The van der Waals surface area contributed by atoms with Crippen molar-refractivity contribution in [3.63, 3.8) is 0 Å². The largest absolute Gasteiger partial charge is 0.437 e. The van der Waals surface area contributed by atoms with Crippen LogP contribution in [0, 0.1) is 18.8 Å². The van der Waals surface area contributed by atoms with E-state index in [1.165, 1.54) is 0 Å². The number of carbonyl (C=O) groups excluding carboxylic acids is 1. The van der Waals surface area contributed by atoms with Crippen LogP contribution in [-0.2, 0) is 4.79 Å². The number of aryl methyl sites for hydroxylation is 1. The van der Waals surface area contributed by atoms with Crippen LogP contribution in [0.3, 0.4) is 0 Å². The van der Waals surface area contributed by atoms with Crippen molar-refractivity contribution >= 4 is 28.3 Å². The zero-order chi connectivity index (χ0) is 22.2. The fraction of sp³-hybridized carbons (Fsp3) is 0.200. The van der Waals surface area contributed by atoms with Gasteiger partial charge in [-0.15, -0.1) is 0 Å². The van der Waals surface area contributed by atoms with Crippen molar-refractivity contribution in [3.05, 3.63) is 66.5 Å². The van der Waals surface area contributed by atoms with Gasteiger partial charge in [-0.3, -0.25) is 4.79 Å². The van der Waals surface area contributed by atoms with E-state index in [-0.39, 0.29) is 17.8 Å². The number of benzene rings is 2. The highest BCUT2D eigenvalue weighted by Gasteiger charge is 2.39. The number of carbonyl (C=O) groups is 1. The van der Waals surface area contributed by atoms with Crippen LogP contribution in [0.15, 0.2) is 60.9 Å². The minimum absolute atomic E-state index is 0.0707. The molecule has 2 aromatic carbocycles. The molecule has 4 aromatic rings. The molecule has 1 fully saturated rings. The van der Waals surface area contributed by atoms with Gasteiger partial charge >= 0.3 is 0 Å². The number of pyridine rings is 1. The van der Waals surface area contributed by atoms with Gasteiger partial charge in [0.15, 0.2) is 0 Å². The Bertz CT molecular complexity index is 1340. The number of aromatic nitrogens is 3. The minimum Gasteiger partial charge on any atom is -0.437 e. The smallest absolute Gasteiger partial charge is 0.228 e. The number of hydrogen-bond donors (Lipinski definition) is 2. The average Bonchev–Trinajstić information content (AvgIpc) is 3.53. The van der Waals surface area contributed by atoms with Gasteiger partial charge in [0, 0.05) is 34.8 Å². The van der Waals surface area contributed by atoms with E-state index < -0.39 is 0 Å². The Morgan fingerprint density at radius 3 is 2.69 bits per heavy atom. The molecule has 2 aromatic heterocycles. The van der Waals surface area contributed by atoms with Gasteiger partial charge < -0.3 is 15.8 Å². The van der Waals surface area contributed by atoms with Gasteiger partial charge in [-0.25, -0.2) is 15.0 Å². The Hall–Kier alpha value is -4.00. The molecule has 0 aliphatic heterocycles. The van der Waals surface area contributed by atoms with Crippen molar-refractivity contribution in [3.8, 4) is 22.9 Å². The average molecular weight is 425 g/mol. The van der Waals surface area contributed by atoms with Crippen LogP contribution < -0.4 is 15.8 Å².